The SMILES string of the molecule is OC(CC1CCNC1)c1cccc(Br)c1. The monoisotopic (exact) mass is 269 g/mol. The number of rotatable bonds is 3. The first-order valence-electron chi connectivity index (χ1n) is 5.40. The second-order valence-corrected chi connectivity index (χ2v) is 5.08. The molecule has 1 aromatic carbocycles. The number of aliphatic hydroxyl groups is 1. The van der Waals surface area contributed by atoms with Gasteiger partial charge in [-0.3, -0.25) is 0 Å². The molecule has 1 saturated heterocycles. The molecule has 0 saturated carbocycles. The van der Waals surface area contributed by atoms with Crippen molar-refractivity contribution in [3.05, 3.63) is 34.3 Å². The summed E-state index contributed by atoms with van der Waals surface area (Å²) >= 11 is 3.42. The van der Waals surface area contributed by atoms with Crippen LogP contribution < -0.4 is 5.32 Å². The average molecular weight is 270 g/mol. The van der Waals surface area contributed by atoms with Crippen molar-refractivity contribution >= 4 is 15.9 Å². The summed E-state index contributed by atoms with van der Waals surface area (Å²) < 4.78 is 1.03. The Morgan fingerprint density at radius 3 is 3.07 bits per heavy atom. The molecule has 1 aliphatic rings. The quantitative estimate of drug-likeness (QED) is 0.884. The summed E-state index contributed by atoms with van der Waals surface area (Å²) in [6, 6.07) is 7.92. The topological polar surface area (TPSA) is 32.3 Å². The standard InChI is InChI=1S/C12H16BrNO/c13-11-3-1-2-10(7-11)12(15)6-9-4-5-14-8-9/h1-3,7,9,12,14-15H,4-6,8H2. The number of hydrogen-bond acceptors (Lipinski definition) is 2. The number of benzene rings is 1. The summed E-state index contributed by atoms with van der Waals surface area (Å²) in [4.78, 5) is 0. The number of aliphatic hydroxyl groups excluding tert-OH is 1. The van der Waals surface area contributed by atoms with Crippen LogP contribution in [0.5, 0.6) is 0 Å². The molecular weight excluding hydrogens is 254 g/mol. The maximum Gasteiger partial charge on any atom is 0.0793 e. The van der Waals surface area contributed by atoms with Crippen molar-refractivity contribution in [1.29, 1.82) is 0 Å². The zero-order valence-corrected chi connectivity index (χ0v) is 10.2. The van der Waals surface area contributed by atoms with E-state index in [2.05, 4.69) is 21.2 Å². The van der Waals surface area contributed by atoms with Crippen LogP contribution in [-0.2, 0) is 0 Å². The second kappa shape index (κ2) is 5.10. The van der Waals surface area contributed by atoms with Crippen molar-refractivity contribution in [3.8, 4) is 0 Å². The minimum Gasteiger partial charge on any atom is -0.388 e. The number of halogens is 1. The van der Waals surface area contributed by atoms with E-state index in [0.29, 0.717) is 5.92 Å². The lowest BCUT2D eigenvalue weighted by Crippen LogP contribution is -2.11. The van der Waals surface area contributed by atoms with Crippen LogP contribution in [0.25, 0.3) is 0 Å². The van der Waals surface area contributed by atoms with E-state index >= 15 is 0 Å². The second-order valence-electron chi connectivity index (χ2n) is 4.17. The lowest BCUT2D eigenvalue weighted by Gasteiger charge is -2.15. The van der Waals surface area contributed by atoms with Gasteiger partial charge in [0.1, 0.15) is 0 Å². The van der Waals surface area contributed by atoms with Crippen LogP contribution in [0.2, 0.25) is 0 Å². The molecule has 0 bridgehead atoms. The zero-order valence-electron chi connectivity index (χ0n) is 8.62. The largest absolute Gasteiger partial charge is 0.388 e. The van der Waals surface area contributed by atoms with Crippen molar-refractivity contribution in [2.24, 2.45) is 5.92 Å². The Labute approximate surface area is 98.8 Å². The van der Waals surface area contributed by atoms with E-state index in [0.717, 1.165) is 29.5 Å². The Kier molecular flexibility index (Phi) is 3.78. The number of nitrogens with one attached hydrogen (secondary N) is 1. The molecular formula is C12H16BrNO. The molecule has 2 nitrogen and oxygen atoms in total. The molecule has 2 atom stereocenters. The molecule has 82 valence electrons. The molecule has 2 N–H and O–H groups in total. The Morgan fingerprint density at radius 2 is 2.40 bits per heavy atom. The summed E-state index contributed by atoms with van der Waals surface area (Å²) in [5.74, 6) is 0.624. The highest BCUT2D eigenvalue weighted by atomic mass is 79.9. The van der Waals surface area contributed by atoms with Gasteiger partial charge in [0, 0.05) is 4.47 Å². The van der Waals surface area contributed by atoms with Gasteiger partial charge in [-0.2, -0.15) is 0 Å². The van der Waals surface area contributed by atoms with Crippen molar-refractivity contribution in [2.45, 2.75) is 18.9 Å². The molecule has 0 amide bonds. The Morgan fingerprint density at radius 1 is 1.53 bits per heavy atom. The maximum absolute atomic E-state index is 10.1. The predicted molar refractivity (Wildman–Crippen MR) is 64.7 cm³/mol. The lowest BCUT2D eigenvalue weighted by atomic mass is 9.96. The normalized spacial score (nSPS) is 22.9. The van der Waals surface area contributed by atoms with E-state index in [1.807, 2.05) is 24.3 Å². The van der Waals surface area contributed by atoms with Crippen LogP contribution in [0.1, 0.15) is 24.5 Å². The van der Waals surface area contributed by atoms with Crippen molar-refractivity contribution in [3.63, 3.8) is 0 Å². The van der Waals surface area contributed by atoms with Gasteiger partial charge < -0.3 is 10.4 Å². The molecule has 1 heterocycles. The molecule has 3 heteroatoms. The van der Waals surface area contributed by atoms with Gasteiger partial charge in [0.25, 0.3) is 0 Å². The lowest BCUT2D eigenvalue weighted by molar-refractivity contribution is 0.147. The molecule has 0 aromatic heterocycles. The van der Waals surface area contributed by atoms with E-state index in [9.17, 15) is 5.11 Å². The first-order chi connectivity index (χ1) is 7.25. The van der Waals surface area contributed by atoms with E-state index in [1.165, 1.54) is 6.42 Å². The first-order valence-corrected chi connectivity index (χ1v) is 6.19. The third kappa shape index (κ3) is 3.03. The van der Waals surface area contributed by atoms with Crippen LogP contribution in [0.15, 0.2) is 28.7 Å². The van der Waals surface area contributed by atoms with E-state index < -0.39 is 0 Å². The minimum atomic E-state index is -0.326. The van der Waals surface area contributed by atoms with Crippen LogP contribution >= 0.6 is 15.9 Å². The van der Waals surface area contributed by atoms with Gasteiger partial charge in [0.15, 0.2) is 0 Å². The Bertz CT molecular complexity index is 323. The van der Waals surface area contributed by atoms with Gasteiger partial charge in [-0.1, -0.05) is 28.1 Å². The highest BCUT2D eigenvalue weighted by Crippen LogP contribution is 2.26. The molecule has 2 unspecified atom stereocenters. The highest BCUT2D eigenvalue weighted by molar-refractivity contribution is 9.10. The van der Waals surface area contributed by atoms with Crippen LogP contribution in [0, 0.1) is 5.92 Å². The molecule has 1 aliphatic heterocycles. The van der Waals surface area contributed by atoms with Crippen molar-refractivity contribution < 1.29 is 5.11 Å². The third-order valence-electron chi connectivity index (χ3n) is 2.95. The molecule has 2 rings (SSSR count). The molecule has 0 radical (unpaired) electrons. The van der Waals surface area contributed by atoms with Crippen molar-refractivity contribution in [2.75, 3.05) is 13.1 Å². The van der Waals surface area contributed by atoms with E-state index in [4.69, 9.17) is 0 Å². The van der Waals surface area contributed by atoms with Gasteiger partial charge in [0.2, 0.25) is 0 Å². The van der Waals surface area contributed by atoms with Crippen LogP contribution in [0.4, 0.5) is 0 Å². The molecule has 0 spiro atoms. The molecule has 1 aromatic rings. The molecule has 0 aliphatic carbocycles. The fourth-order valence-electron chi connectivity index (χ4n) is 2.08. The fourth-order valence-corrected chi connectivity index (χ4v) is 2.50. The van der Waals surface area contributed by atoms with Gasteiger partial charge >= 0.3 is 0 Å². The van der Waals surface area contributed by atoms with E-state index in [-0.39, 0.29) is 6.10 Å². The Balaban J connectivity index is 1.97. The predicted octanol–water partition coefficient (Wildman–Crippen LogP) is 2.48. The smallest absolute Gasteiger partial charge is 0.0793 e. The molecule has 15 heavy (non-hydrogen) atoms. The van der Waals surface area contributed by atoms with Crippen molar-refractivity contribution in [1.82, 2.24) is 5.32 Å². The summed E-state index contributed by atoms with van der Waals surface area (Å²) in [6.07, 6.45) is 1.72. The van der Waals surface area contributed by atoms with E-state index in [1.54, 1.807) is 0 Å². The van der Waals surface area contributed by atoms with Gasteiger partial charge in [-0.25, -0.2) is 0 Å². The summed E-state index contributed by atoms with van der Waals surface area (Å²) in [5.41, 5.74) is 1.01. The minimum absolute atomic E-state index is 0.326. The summed E-state index contributed by atoms with van der Waals surface area (Å²) in [5, 5.41) is 13.4. The Hall–Kier alpha value is -0.380. The average Bonchev–Trinajstić information content (AvgIpc) is 2.70. The summed E-state index contributed by atoms with van der Waals surface area (Å²) in [7, 11) is 0. The first kappa shape index (κ1) is 11.1. The number of hydrogen-bond donors (Lipinski definition) is 2. The van der Waals surface area contributed by atoms with Crippen LogP contribution in [0.3, 0.4) is 0 Å². The zero-order chi connectivity index (χ0) is 10.7. The highest BCUT2D eigenvalue weighted by Gasteiger charge is 2.19. The fraction of sp³-hybridized carbons (Fsp3) is 0.500. The maximum atomic E-state index is 10.1. The van der Waals surface area contributed by atoms with Gasteiger partial charge in [-0.15, -0.1) is 0 Å². The van der Waals surface area contributed by atoms with Gasteiger partial charge in [0.05, 0.1) is 6.10 Å². The third-order valence-corrected chi connectivity index (χ3v) is 3.45. The van der Waals surface area contributed by atoms with Crippen LogP contribution in [-0.4, -0.2) is 18.2 Å². The summed E-state index contributed by atoms with van der Waals surface area (Å²) in [6.45, 7) is 2.14. The van der Waals surface area contributed by atoms with Gasteiger partial charge in [-0.05, 0) is 49.5 Å². The molecule has 1 fully saturated rings.